The lowest BCUT2D eigenvalue weighted by molar-refractivity contribution is 0.0595. The summed E-state index contributed by atoms with van der Waals surface area (Å²) in [6, 6.07) is 13.2. The number of hydrogen-bond acceptors (Lipinski definition) is 8. The molecule has 1 aliphatic rings. The molecule has 3 rings (SSSR count). The van der Waals surface area contributed by atoms with E-state index < -0.39 is 5.97 Å². The topological polar surface area (TPSA) is 84.8 Å². The van der Waals surface area contributed by atoms with Crippen molar-refractivity contribution in [3.63, 3.8) is 0 Å². The quantitative estimate of drug-likeness (QED) is 0.552. The van der Waals surface area contributed by atoms with Crippen LogP contribution in [0.25, 0.3) is 0 Å². The molecular weight excluding hydrogens is 420 g/mol. The minimum atomic E-state index is -0.435. The van der Waals surface area contributed by atoms with Gasteiger partial charge < -0.3 is 24.4 Å². The predicted octanol–water partition coefficient (Wildman–Crippen LogP) is 3.84. The molecule has 8 nitrogen and oxygen atoms in total. The zero-order chi connectivity index (χ0) is 23.6. The number of rotatable bonds is 10. The highest BCUT2D eigenvalue weighted by molar-refractivity contribution is 6.01. The van der Waals surface area contributed by atoms with Crippen molar-refractivity contribution in [2.75, 3.05) is 52.3 Å². The fourth-order valence-corrected chi connectivity index (χ4v) is 3.50. The van der Waals surface area contributed by atoms with Crippen molar-refractivity contribution in [2.24, 2.45) is 9.98 Å². The number of aliphatic imine (C=N–C) groups is 2. The highest BCUT2D eigenvalue weighted by Gasteiger charge is 2.17. The van der Waals surface area contributed by atoms with Crippen molar-refractivity contribution in [3.8, 4) is 11.5 Å². The summed E-state index contributed by atoms with van der Waals surface area (Å²) in [5.74, 6) is 1.48. The van der Waals surface area contributed by atoms with E-state index in [0.717, 1.165) is 36.6 Å². The number of likely N-dealkylation sites (N-methyl/N-ethyl adjacent to an activating group) is 1. The van der Waals surface area contributed by atoms with E-state index in [2.05, 4.69) is 34.0 Å². The molecule has 1 heterocycles. The van der Waals surface area contributed by atoms with Gasteiger partial charge in [-0.3, -0.25) is 4.99 Å². The lowest BCUT2D eigenvalue weighted by atomic mass is 10.00. The number of esters is 1. The first-order valence-electron chi connectivity index (χ1n) is 11.1. The van der Waals surface area contributed by atoms with Crippen molar-refractivity contribution in [1.82, 2.24) is 4.90 Å². The Bertz CT molecular complexity index is 984. The van der Waals surface area contributed by atoms with Crippen molar-refractivity contribution in [3.05, 3.63) is 53.6 Å². The Hall–Kier alpha value is -3.39. The third-order valence-electron chi connectivity index (χ3n) is 5.56. The molecule has 1 aliphatic heterocycles. The minimum absolute atomic E-state index is 0.113. The van der Waals surface area contributed by atoms with Gasteiger partial charge in [0.1, 0.15) is 23.7 Å². The van der Waals surface area contributed by atoms with Crippen molar-refractivity contribution in [1.29, 1.82) is 0 Å². The zero-order valence-corrected chi connectivity index (χ0v) is 19.7. The normalized spacial score (nSPS) is 15.2. The van der Waals surface area contributed by atoms with Crippen LogP contribution in [-0.4, -0.2) is 70.0 Å². The summed E-state index contributed by atoms with van der Waals surface area (Å²) < 4.78 is 16.1. The molecule has 0 bridgehead atoms. The summed E-state index contributed by atoms with van der Waals surface area (Å²) in [5, 5.41) is 3.21. The zero-order valence-electron chi connectivity index (χ0n) is 19.7. The van der Waals surface area contributed by atoms with Gasteiger partial charge in [-0.15, -0.1) is 0 Å². The molecule has 0 amide bonds. The molecular formula is C25H32N4O4. The number of benzene rings is 2. The molecule has 33 heavy (non-hydrogen) atoms. The molecule has 1 unspecified atom stereocenters. The van der Waals surface area contributed by atoms with Gasteiger partial charge in [-0.2, -0.15) is 0 Å². The second-order valence-electron chi connectivity index (χ2n) is 7.52. The van der Waals surface area contributed by atoms with Crippen LogP contribution in [-0.2, 0) is 4.74 Å². The second kappa shape index (κ2) is 12.0. The van der Waals surface area contributed by atoms with E-state index >= 15 is 0 Å². The van der Waals surface area contributed by atoms with E-state index in [1.54, 1.807) is 25.3 Å². The van der Waals surface area contributed by atoms with E-state index in [0.29, 0.717) is 30.4 Å². The fourth-order valence-electron chi connectivity index (χ4n) is 3.50. The molecule has 0 fully saturated rings. The Labute approximate surface area is 195 Å². The van der Waals surface area contributed by atoms with Crippen LogP contribution < -0.4 is 14.8 Å². The molecule has 0 aliphatic carbocycles. The summed E-state index contributed by atoms with van der Waals surface area (Å²) in [4.78, 5) is 23.5. The van der Waals surface area contributed by atoms with E-state index in [1.165, 1.54) is 7.11 Å². The Morgan fingerprint density at radius 1 is 1.12 bits per heavy atom. The first-order valence-corrected chi connectivity index (χ1v) is 11.1. The van der Waals surface area contributed by atoms with Crippen LogP contribution in [0.15, 0.2) is 52.4 Å². The van der Waals surface area contributed by atoms with E-state index in [-0.39, 0.29) is 5.92 Å². The number of nitrogens with one attached hydrogen (secondary N) is 1. The van der Waals surface area contributed by atoms with Crippen LogP contribution in [0.3, 0.4) is 0 Å². The molecule has 0 saturated heterocycles. The largest absolute Gasteiger partial charge is 0.497 e. The van der Waals surface area contributed by atoms with E-state index in [1.807, 2.05) is 30.5 Å². The van der Waals surface area contributed by atoms with Gasteiger partial charge in [0.2, 0.25) is 5.96 Å². The standard InChI is InChI=1S/C25H32N4O4/c1-5-29(6-2)13-14-33-23-15-20(9-12-22(23)24(30)32-4)28-25-26-16-19(17-27-25)18-7-10-21(31-3)11-8-18/h7-12,15-16,19H,5-6,13-14,17H2,1-4H3,(H,27,28). The maximum Gasteiger partial charge on any atom is 0.341 e. The molecule has 8 heteroatoms. The third kappa shape index (κ3) is 6.55. The Morgan fingerprint density at radius 3 is 2.48 bits per heavy atom. The van der Waals surface area contributed by atoms with Gasteiger partial charge in [-0.25, -0.2) is 9.79 Å². The molecule has 1 atom stereocenters. The fraction of sp³-hybridized carbons (Fsp3) is 0.400. The highest BCUT2D eigenvalue weighted by atomic mass is 16.5. The van der Waals surface area contributed by atoms with Crippen molar-refractivity contribution >= 4 is 23.8 Å². The van der Waals surface area contributed by atoms with Gasteiger partial charge in [0, 0.05) is 30.4 Å². The maximum absolute atomic E-state index is 12.2. The van der Waals surface area contributed by atoms with Crippen LogP contribution in [0.2, 0.25) is 0 Å². The summed E-state index contributed by atoms with van der Waals surface area (Å²) in [7, 11) is 3.01. The average molecular weight is 453 g/mol. The van der Waals surface area contributed by atoms with Gasteiger partial charge in [-0.05, 0) is 42.9 Å². The number of carbonyl (C=O) groups is 1. The number of ether oxygens (including phenoxy) is 3. The van der Waals surface area contributed by atoms with E-state index in [9.17, 15) is 4.79 Å². The summed E-state index contributed by atoms with van der Waals surface area (Å²) in [6.45, 7) is 7.94. The Balaban J connectivity index is 1.66. The monoisotopic (exact) mass is 452 g/mol. The van der Waals surface area contributed by atoms with Crippen LogP contribution in [0.4, 0.5) is 5.69 Å². The molecule has 2 aromatic rings. The molecule has 0 spiro atoms. The third-order valence-corrected chi connectivity index (χ3v) is 5.56. The van der Waals surface area contributed by atoms with Gasteiger partial charge in [0.15, 0.2) is 0 Å². The Morgan fingerprint density at radius 2 is 1.88 bits per heavy atom. The summed E-state index contributed by atoms with van der Waals surface area (Å²) in [5.41, 5.74) is 2.25. The SMILES string of the molecule is CCN(CC)CCOc1cc(NC2=NCC(c3ccc(OC)cc3)C=N2)ccc1C(=O)OC. The second-order valence-corrected chi connectivity index (χ2v) is 7.52. The molecule has 0 saturated carbocycles. The summed E-state index contributed by atoms with van der Waals surface area (Å²) in [6.07, 6.45) is 1.89. The number of guanidine groups is 1. The lowest BCUT2D eigenvalue weighted by Crippen LogP contribution is -2.28. The first kappa shape index (κ1) is 24.3. The highest BCUT2D eigenvalue weighted by Crippen LogP contribution is 2.25. The molecule has 0 radical (unpaired) electrons. The molecule has 2 aromatic carbocycles. The van der Waals surface area contributed by atoms with Gasteiger partial charge in [0.25, 0.3) is 0 Å². The summed E-state index contributed by atoms with van der Waals surface area (Å²) >= 11 is 0. The first-order chi connectivity index (χ1) is 16.1. The van der Waals surface area contributed by atoms with Crippen LogP contribution in [0.1, 0.15) is 35.7 Å². The molecule has 176 valence electrons. The number of carbonyl (C=O) groups excluding carboxylic acids is 1. The van der Waals surface area contributed by atoms with E-state index in [4.69, 9.17) is 14.2 Å². The lowest BCUT2D eigenvalue weighted by Gasteiger charge is -2.19. The number of anilines is 1. The van der Waals surface area contributed by atoms with Crippen molar-refractivity contribution < 1.29 is 19.0 Å². The predicted molar refractivity (Wildman–Crippen MR) is 131 cm³/mol. The van der Waals surface area contributed by atoms with Gasteiger partial charge in [0.05, 0.1) is 20.8 Å². The smallest absolute Gasteiger partial charge is 0.341 e. The van der Waals surface area contributed by atoms with Crippen LogP contribution in [0.5, 0.6) is 11.5 Å². The minimum Gasteiger partial charge on any atom is -0.497 e. The van der Waals surface area contributed by atoms with Crippen molar-refractivity contribution in [2.45, 2.75) is 19.8 Å². The van der Waals surface area contributed by atoms with Crippen LogP contribution in [0, 0.1) is 0 Å². The van der Waals surface area contributed by atoms with Gasteiger partial charge in [-0.1, -0.05) is 26.0 Å². The maximum atomic E-state index is 12.2. The Kier molecular flexibility index (Phi) is 8.83. The number of nitrogens with zero attached hydrogens (tertiary/aromatic N) is 3. The van der Waals surface area contributed by atoms with Gasteiger partial charge >= 0.3 is 5.97 Å². The van der Waals surface area contributed by atoms with Crippen LogP contribution >= 0.6 is 0 Å². The number of hydrogen-bond donors (Lipinski definition) is 1. The molecule has 1 N–H and O–H groups in total. The average Bonchev–Trinajstić information content (AvgIpc) is 2.87. The number of methoxy groups -OCH3 is 2. The molecule has 0 aromatic heterocycles.